The predicted octanol–water partition coefficient (Wildman–Crippen LogP) is 5.98. The molecule has 352 valence electrons. The first-order valence-corrected chi connectivity index (χ1v) is 23.4. The third-order valence-corrected chi connectivity index (χ3v) is 14.1. The van der Waals surface area contributed by atoms with Crippen LogP contribution in [-0.2, 0) is 29.1 Å². The van der Waals surface area contributed by atoms with E-state index < -0.39 is 86.9 Å². The molecule has 2 aliphatic heterocycles. The van der Waals surface area contributed by atoms with Crippen molar-refractivity contribution in [1.29, 1.82) is 0 Å². The molecular weight excluding hydrogens is 874 g/mol. The maximum absolute atomic E-state index is 14.9. The number of alkyl halides is 3. The lowest BCUT2D eigenvalue weighted by atomic mass is 9.88. The molecule has 0 radical (unpaired) electrons. The SMILES string of the molecule is COc1ccc2c(O[C@@H]3C[C@H]4C(=O)N[C@]5(C(=O)NS(=O)(=O)C6CC6)C[C@H]5/C=C\CC[C@H](C)C[C@@H](C)[C@H](NC(=O)O[C@H](C)C(F)(F)F)C(=O)N4C3)nc(-c3ccc(OC(C)C)cn3)cc2c1. The Morgan fingerprint density at radius 2 is 1.74 bits per heavy atom. The van der Waals surface area contributed by atoms with Crippen LogP contribution in [0.3, 0.4) is 0 Å². The second-order valence-corrected chi connectivity index (χ2v) is 19.9. The van der Waals surface area contributed by atoms with Crippen LogP contribution in [0.1, 0.15) is 79.6 Å². The maximum Gasteiger partial charge on any atom is 0.425 e. The molecule has 2 aliphatic carbocycles. The first-order chi connectivity index (χ1) is 30.7. The summed E-state index contributed by atoms with van der Waals surface area (Å²) in [6, 6.07) is 7.72. The zero-order chi connectivity index (χ0) is 47.0. The van der Waals surface area contributed by atoms with E-state index in [1.54, 1.807) is 55.6 Å². The number of fused-ring (bicyclic) bond motifs is 3. The number of carbonyl (C=O) groups is 4. The van der Waals surface area contributed by atoms with E-state index in [9.17, 15) is 40.8 Å². The van der Waals surface area contributed by atoms with Crippen LogP contribution >= 0.6 is 0 Å². The van der Waals surface area contributed by atoms with Gasteiger partial charge in [-0.25, -0.2) is 18.2 Å². The smallest absolute Gasteiger partial charge is 0.425 e. The van der Waals surface area contributed by atoms with Crippen LogP contribution in [0, 0.1) is 17.8 Å². The number of alkyl carbamates (subject to hydrolysis) is 1. The molecule has 16 nitrogen and oxygen atoms in total. The number of hydrogen-bond acceptors (Lipinski definition) is 12. The standard InChI is InChI=1S/C45H55F3N6O10S/c1-24(2)62-31-12-16-35(49-22-31)36-19-28-18-30(61-6)11-15-34(28)40(50-36)64-32-20-37-39(55)52-44(42(57)53-65(59,60)33-13-14-33)21-29(44)10-8-7-9-25(3)17-26(4)38(41(56)54(37)23-32)51-43(58)63-27(5)45(46,47)48/h8,10-12,15-16,18-19,22,24-27,29,32-33,37-38H,7,9,13-14,17,20-21,23H2,1-6H3,(H,51,58)(H,52,55)(H,53,57)/b10-8-/t25-,26+,27+,29+,32+,37-,38-,44+/m0/s1. The van der Waals surface area contributed by atoms with Crippen LogP contribution in [-0.4, -0.2) is 108 Å². The average molecular weight is 929 g/mol. The van der Waals surface area contributed by atoms with Gasteiger partial charge in [-0.3, -0.25) is 24.1 Å². The summed E-state index contributed by atoms with van der Waals surface area (Å²) in [6.07, 6.45) is -2.44. The fourth-order valence-corrected chi connectivity index (χ4v) is 9.83. The highest BCUT2D eigenvalue weighted by Crippen LogP contribution is 2.46. The van der Waals surface area contributed by atoms with Crippen molar-refractivity contribution >= 4 is 44.6 Å². The van der Waals surface area contributed by atoms with Crippen molar-refractivity contribution in [2.24, 2.45) is 17.8 Å². The molecule has 1 aromatic carbocycles. The van der Waals surface area contributed by atoms with Crippen LogP contribution in [0.15, 0.2) is 54.7 Å². The van der Waals surface area contributed by atoms with Crippen molar-refractivity contribution in [3.8, 4) is 28.8 Å². The molecule has 3 fully saturated rings. The fraction of sp³-hybridized carbons (Fsp3) is 0.556. The summed E-state index contributed by atoms with van der Waals surface area (Å²) in [7, 11) is -2.49. The van der Waals surface area contributed by atoms with E-state index in [4.69, 9.17) is 19.2 Å². The molecule has 4 amide bonds. The number of rotatable bonds is 11. The summed E-state index contributed by atoms with van der Waals surface area (Å²) in [5, 5.41) is 5.68. The number of pyridine rings is 2. The largest absolute Gasteiger partial charge is 0.497 e. The van der Waals surface area contributed by atoms with Crippen LogP contribution < -0.4 is 29.6 Å². The lowest BCUT2D eigenvalue weighted by Gasteiger charge is -2.33. The molecule has 65 heavy (non-hydrogen) atoms. The quantitative estimate of drug-likeness (QED) is 0.190. The number of carbonyl (C=O) groups excluding carboxylic acids is 4. The topological polar surface area (TPSA) is 204 Å². The molecular formula is C45H55F3N6O10S. The first kappa shape index (κ1) is 47.3. The fourth-order valence-electron chi connectivity index (χ4n) is 8.47. The van der Waals surface area contributed by atoms with Crippen molar-refractivity contribution in [1.82, 2.24) is 30.2 Å². The lowest BCUT2D eigenvalue weighted by Crippen LogP contribution is -2.59. The summed E-state index contributed by atoms with van der Waals surface area (Å²) in [4.78, 5) is 67.2. The summed E-state index contributed by atoms with van der Waals surface area (Å²) in [6.45, 7) is 7.81. The van der Waals surface area contributed by atoms with Crippen LogP contribution in [0.2, 0.25) is 0 Å². The molecule has 4 heterocycles. The van der Waals surface area contributed by atoms with Crippen molar-refractivity contribution < 1.29 is 59.7 Å². The molecule has 2 saturated carbocycles. The number of nitrogens with one attached hydrogen (secondary N) is 3. The van der Waals surface area contributed by atoms with Gasteiger partial charge >= 0.3 is 12.3 Å². The number of nitrogens with zero attached hydrogens (tertiary/aromatic N) is 3. The van der Waals surface area contributed by atoms with Gasteiger partial charge in [0.15, 0.2) is 6.10 Å². The highest BCUT2D eigenvalue weighted by molar-refractivity contribution is 7.91. The number of aromatic nitrogens is 2. The van der Waals surface area contributed by atoms with Gasteiger partial charge in [0.2, 0.25) is 27.7 Å². The van der Waals surface area contributed by atoms with Crippen molar-refractivity contribution in [2.45, 2.75) is 127 Å². The molecule has 3 aromatic rings. The summed E-state index contributed by atoms with van der Waals surface area (Å²) in [5.74, 6) is -2.55. The number of amides is 4. The number of allylic oxidation sites excluding steroid dienone is 1. The number of halogens is 3. The third-order valence-electron chi connectivity index (χ3n) is 12.3. The van der Waals surface area contributed by atoms with E-state index in [1.165, 1.54) is 12.0 Å². The summed E-state index contributed by atoms with van der Waals surface area (Å²) < 4.78 is 91.1. The Kier molecular flexibility index (Phi) is 13.6. The molecule has 8 atom stereocenters. The zero-order valence-corrected chi connectivity index (χ0v) is 37.8. The van der Waals surface area contributed by atoms with Crippen LogP contribution in [0.4, 0.5) is 18.0 Å². The van der Waals surface area contributed by atoms with Gasteiger partial charge in [-0.05, 0) is 113 Å². The van der Waals surface area contributed by atoms with Gasteiger partial charge < -0.3 is 34.5 Å². The highest BCUT2D eigenvalue weighted by Gasteiger charge is 2.62. The van der Waals surface area contributed by atoms with Gasteiger partial charge in [0, 0.05) is 17.7 Å². The molecule has 0 unspecified atom stereocenters. The molecule has 2 aromatic heterocycles. The molecule has 0 bridgehead atoms. The minimum Gasteiger partial charge on any atom is -0.497 e. The van der Waals surface area contributed by atoms with Gasteiger partial charge in [0.05, 0.1) is 42.6 Å². The van der Waals surface area contributed by atoms with E-state index in [0.29, 0.717) is 72.7 Å². The molecule has 4 aliphatic rings. The number of ether oxygens (including phenoxy) is 4. The van der Waals surface area contributed by atoms with Gasteiger partial charge in [-0.15, -0.1) is 0 Å². The Hall–Kier alpha value is -5.66. The minimum absolute atomic E-state index is 0.0539. The average Bonchev–Trinajstić information content (AvgIpc) is 4.17. The van der Waals surface area contributed by atoms with E-state index in [-0.39, 0.29) is 37.3 Å². The molecule has 7 rings (SSSR count). The molecule has 20 heteroatoms. The van der Waals surface area contributed by atoms with Crippen molar-refractivity contribution in [3.63, 3.8) is 0 Å². The summed E-state index contributed by atoms with van der Waals surface area (Å²) >= 11 is 0. The Balaban J connectivity index is 1.25. The highest BCUT2D eigenvalue weighted by atomic mass is 32.2. The van der Waals surface area contributed by atoms with E-state index in [2.05, 4.69) is 25.1 Å². The normalized spacial score (nSPS) is 27.3. The Bertz CT molecular complexity index is 2430. The Labute approximate surface area is 375 Å². The molecule has 3 N–H and O–H groups in total. The van der Waals surface area contributed by atoms with E-state index in [0.717, 1.165) is 0 Å². The van der Waals surface area contributed by atoms with E-state index in [1.807, 2.05) is 26.8 Å². The van der Waals surface area contributed by atoms with Crippen LogP contribution in [0.25, 0.3) is 22.2 Å². The van der Waals surface area contributed by atoms with Gasteiger partial charge in [0.25, 0.3) is 5.91 Å². The Morgan fingerprint density at radius 1 is 1.00 bits per heavy atom. The lowest BCUT2D eigenvalue weighted by molar-refractivity contribution is -0.197. The molecule has 0 spiro atoms. The number of methoxy groups -OCH3 is 1. The van der Waals surface area contributed by atoms with Gasteiger partial charge in [-0.2, -0.15) is 13.2 Å². The van der Waals surface area contributed by atoms with Crippen molar-refractivity contribution in [3.05, 3.63) is 54.7 Å². The minimum atomic E-state index is -4.87. The van der Waals surface area contributed by atoms with Crippen molar-refractivity contribution in [2.75, 3.05) is 13.7 Å². The molecule has 1 saturated heterocycles. The number of sulfonamides is 1. The summed E-state index contributed by atoms with van der Waals surface area (Å²) in [5.41, 5.74) is -0.765. The third kappa shape index (κ3) is 10.9. The maximum atomic E-state index is 14.9. The first-order valence-electron chi connectivity index (χ1n) is 21.8. The number of hydrogen-bond donors (Lipinski definition) is 3. The second-order valence-electron chi connectivity index (χ2n) is 17.9. The monoisotopic (exact) mass is 928 g/mol. The Morgan fingerprint density at radius 3 is 2.40 bits per heavy atom. The van der Waals surface area contributed by atoms with Gasteiger partial charge in [0.1, 0.15) is 35.2 Å². The van der Waals surface area contributed by atoms with E-state index >= 15 is 0 Å². The zero-order valence-electron chi connectivity index (χ0n) is 37.0. The second kappa shape index (κ2) is 18.7. The number of benzene rings is 1. The predicted molar refractivity (Wildman–Crippen MR) is 231 cm³/mol. The van der Waals surface area contributed by atoms with Crippen LogP contribution in [0.5, 0.6) is 17.4 Å². The van der Waals surface area contributed by atoms with Gasteiger partial charge in [-0.1, -0.05) is 26.0 Å².